The van der Waals surface area contributed by atoms with Crippen molar-refractivity contribution in [2.24, 2.45) is 0 Å². The Balaban J connectivity index is 0.00000400. The highest BCUT2D eigenvalue weighted by atomic mass is 79.9. The van der Waals surface area contributed by atoms with Crippen molar-refractivity contribution in [2.45, 2.75) is 85.8 Å². The zero-order valence-electron chi connectivity index (χ0n) is 29.9. The molecule has 0 radical (unpaired) electrons. The van der Waals surface area contributed by atoms with E-state index in [0.717, 1.165) is 19.5 Å². The second kappa shape index (κ2) is 19.6. The summed E-state index contributed by atoms with van der Waals surface area (Å²) in [5.41, 5.74) is 5.27. The molecule has 0 saturated carbocycles. The van der Waals surface area contributed by atoms with Gasteiger partial charge in [0.2, 0.25) is 5.52 Å². The predicted molar refractivity (Wildman–Crippen MR) is 196 cm³/mol. The number of hydrogen-bond donors (Lipinski definition) is 0. The summed E-state index contributed by atoms with van der Waals surface area (Å²) in [5.74, 6) is -0.129. The predicted octanol–water partition coefficient (Wildman–Crippen LogP) is 3.00. The smallest absolute Gasteiger partial charge is 0.306 e. The third-order valence-corrected chi connectivity index (χ3v) is 10.7. The van der Waals surface area contributed by atoms with Gasteiger partial charge in [-0.3, -0.25) is 4.79 Å². The monoisotopic (exact) mass is 799 g/mol. The number of nitrogens with zero attached hydrogens (tertiary/aromatic N) is 3. The Morgan fingerprint density at radius 1 is 0.917 bits per heavy atom. The Hall–Kier alpha value is -2.52. The van der Waals surface area contributed by atoms with Crippen LogP contribution in [0.2, 0.25) is 0 Å². The molecule has 262 valence electrons. The Labute approximate surface area is 314 Å². The summed E-state index contributed by atoms with van der Waals surface area (Å²) in [6.07, 6.45) is 17.3. The molecule has 4 rings (SSSR count). The number of para-hydroxylation sites is 2. The maximum Gasteiger partial charge on any atom is 0.306 e. The first-order chi connectivity index (χ1) is 22.2. The van der Waals surface area contributed by atoms with Crippen molar-refractivity contribution in [1.82, 2.24) is 0 Å². The van der Waals surface area contributed by atoms with Gasteiger partial charge in [-0.05, 0) is 58.4 Å². The van der Waals surface area contributed by atoms with Crippen molar-refractivity contribution in [3.63, 3.8) is 0 Å². The first kappa shape index (κ1) is 41.7. The van der Waals surface area contributed by atoms with Gasteiger partial charge >= 0.3 is 5.97 Å². The highest BCUT2D eigenvalue weighted by molar-refractivity contribution is 7.18. The van der Waals surface area contributed by atoms with Gasteiger partial charge in [-0.15, -0.1) is 0 Å². The SMILES string of the molecule is CC[N+](CC)(CC)CCCN1\C(=C/C=C/C=C/C=C/c2sc3ccccc3[n+]2CCCC(=O)OC(C)C)C(C)(C)c2ccccc21.[Br-].[Br-]. The number of quaternary nitrogens is 1. The quantitative estimate of drug-likeness (QED) is 0.0969. The first-order valence-corrected chi connectivity index (χ1v) is 18.0. The van der Waals surface area contributed by atoms with Crippen LogP contribution in [0, 0.1) is 0 Å². The summed E-state index contributed by atoms with van der Waals surface area (Å²) >= 11 is 1.78. The van der Waals surface area contributed by atoms with E-state index in [2.05, 4.69) is 135 Å². The summed E-state index contributed by atoms with van der Waals surface area (Å²) in [4.78, 5) is 14.6. The van der Waals surface area contributed by atoms with Crippen LogP contribution in [0.1, 0.15) is 78.3 Å². The number of ether oxygens (including phenoxy) is 1. The molecule has 0 spiro atoms. The van der Waals surface area contributed by atoms with Crippen LogP contribution in [0.3, 0.4) is 0 Å². The third kappa shape index (κ3) is 10.3. The van der Waals surface area contributed by atoms with Crippen molar-refractivity contribution in [1.29, 1.82) is 0 Å². The van der Waals surface area contributed by atoms with Gasteiger partial charge in [0.05, 0.1) is 38.7 Å². The lowest BCUT2D eigenvalue weighted by Crippen LogP contribution is -3.00. The Bertz CT molecular complexity index is 1580. The number of anilines is 1. The number of aromatic nitrogens is 1. The number of halogens is 2. The molecular weight excluding hydrogens is 746 g/mol. The van der Waals surface area contributed by atoms with E-state index in [1.54, 1.807) is 11.3 Å². The van der Waals surface area contributed by atoms with E-state index in [4.69, 9.17) is 4.74 Å². The van der Waals surface area contributed by atoms with Gasteiger partial charge in [0.25, 0.3) is 5.01 Å². The lowest BCUT2D eigenvalue weighted by Gasteiger charge is -2.36. The molecule has 0 unspecified atom stereocenters. The van der Waals surface area contributed by atoms with Crippen LogP contribution in [0.15, 0.2) is 90.7 Å². The van der Waals surface area contributed by atoms with Crippen LogP contribution < -0.4 is 43.4 Å². The van der Waals surface area contributed by atoms with E-state index < -0.39 is 0 Å². The fourth-order valence-electron chi connectivity index (χ4n) is 6.68. The number of esters is 1. The second-order valence-electron chi connectivity index (χ2n) is 13.0. The average molecular weight is 802 g/mol. The summed E-state index contributed by atoms with van der Waals surface area (Å²) in [6.45, 7) is 22.1. The number of rotatable bonds is 16. The van der Waals surface area contributed by atoms with Gasteiger partial charge in [0.15, 0.2) is 6.54 Å². The maximum absolute atomic E-state index is 12.1. The number of benzene rings is 2. The van der Waals surface area contributed by atoms with Gasteiger partial charge in [-0.1, -0.05) is 85.9 Å². The van der Waals surface area contributed by atoms with Crippen LogP contribution in [0.4, 0.5) is 5.69 Å². The van der Waals surface area contributed by atoms with E-state index >= 15 is 0 Å². The molecule has 0 aliphatic carbocycles. The highest BCUT2D eigenvalue weighted by Gasteiger charge is 2.39. The second-order valence-corrected chi connectivity index (χ2v) is 14.1. The third-order valence-electron chi connectivity index (χ3n) is 9.53. The van der Waals surface area contributed by atoms with Crippen LogP contribution in [-0.4, -0.2) is 49.3 Å². The lowest BCUT2D eigenvalue weighted by molar-refractivity contribution is -0.923. The van der Waals surface area contributed by atoms with Gasteiger partial charge in [0, 0.05) is 48.3 Å². The molecule has 1 aromatic heterocycles. The molecule has 0 bridgehead atoms. The normalized spacial score (nSPS) is 15.2. The van der Waals surface area contributed by atoms with E-state index in [1.807, 2.05) is 13.8 Å². The van der Waals surface area contributed by atoms with Crippen molar-refractivity contribution in [2.75, 3.05) is 37.6 Å². The van der Waals surface area contributed by atoms with Gasteiger partial charge in [-0.25, -0.2) is 0 Å². The molecule has 0 atom stereocenters. The Morgan fingerprint density at radius 2 is 1.56 bits per heavy atom. The van der Waals surface area contributed by atoms with E-state index in [9.17, 15) is 4.79 Å². The number of fused-ring (bicyclic) bond motifs is 2. The zero-order chi connectivity index (χ0) is 33.2. The first-order valence-electron chi connectivity index (χ1n) is 17.2. The molecule has 3 aromatic rings. The van der Waals surface area contributed by atoms with Crippen LogP contribution >= 0.6 is 11.3 Å². The molecule has 0 saturated heterocycles. The minimum absolute atomic E-state index is 0. The summed E-state index contributed by atoms with van der Waals surface area (Å²) in [7, 11) is 0. The number of aryl methyl sites for hydroxylation is 1. The van der Waals surface area contributed by atoms with Crippen molar-refractivity contribution < 1.29 is 52.5 Å². The number of thiazole rings is 1. The molecule has 1 aliphatic heterocycles. The van der Waals surface area contributed by atoms with Crippen molar-refractivity contribution in [3.05, 3.63) is 101 Å². The molecule has 8 heteroatoms. The fourth-order valence-corrected chi connectivity index (χ4v) is 7.78. The van der Waals surface area contributed by atoms with Crippen molar-refractivity contribution >= 4 is 39.3 Å². The highest BCUT2D eigenvalue weighted by Crippen LogP contribution is 2.47. The molecule has 2 heterocycles. The molecule has 0 amide bonds. The van der Waals surface area contributed by atoms with Crippen molar-refractivity contribution in [3.8, 4) is 0 Å². The molecule has 0 N–H and O–H groups in total. The van der Waals surface area contributed by atoms with Gasteiger partial charge in [-0.2, -0.15) is 4.57 Å². The topological polar surface area (TPSA) is 33.4 Å². The van der Waals surface area contributed by atoms with E-state index in [-0.39, 0.29) is 51.5 Å². The summed E-state index contributed by atoms with van der Waals surface area (Å²) in [5, 5.41) is 1.17. The largest absolute Gasteiger partial charge is 1.00 e. The molecular formula is C40H55Br2N3O2S. The zero-order valence-corrected chi connectivity index (χ0v) is 33.9. The standard InChI is InChI=1S/C40H55N3O2S.2BrH/c1-8-43(9-2,10-3)31-21-30-41-34-23-17-16-22-33(34)40(6,7)37(41)26-14-12-11-13-15-27-38-42(29-20-28-39(44)45-32(4)5)35-24-18-19-25-36(35)46-38;;/h11-19,22-27,32H,8-10,20-21,28-31H2,1-7H3;2*1H/q+2;;/p-2. The Kier molecular flexibility index (Phi) is 17.0. The lowest BCUT2D eigenvalue weighted by atomic mass is 9.84. The van der Waals surface area contributed by atoms with Crippen LogP contribution in [-0.2, 0) is 21.5 Å². The van der Waals surface area contributed by atoms with Crippen LogP contribution in [0.25, 0.3) is 16.3 Å². The number of hydrogen-bond acceptors (Lipinski definition) is 4. The molecule has 5 nitrogen and oxygen atoms in total. The number of carbonyl (C=O) groups is 1. The maximum atomic E-state index is 12.1. The number of carbonyl (C=O) groups excluding carboxylic acids is 1. The summed E-state index contributed by atoms with van der Waals surface area (Å²) in [6, 6.07) is 17.4. The Morgan fingerprint density at radius 3 is 2.27 bits per heavy atom. The molecule has 1 aliphatic rings. The van der Waals surface area contributed by atoms with Gasteiger partial charge < -0.3 is 48.1 Å². The number of allylic oxidation sites excluding steroid dienone is 7. The molecule has 48 heavy (non-hydrogen) atoms. The molecule has 2 aromatic carbocycles. The summed E-state index contributed by atoms with van der Waals surface area (Å²) < 4.78 is 10.1. The van der Waals surface area contributed by atoms with Crippen LogP contribution in [0.5, 0.6) is 0 Å². The van der Waals surface area contributed by atoms with Gasteiger partial charge in [0.1, 0.15) is 4.70 Å². The minimum Gasteiger partial charge on any atom is -1.00 e. The fraction of sp³-hybridized carbons (Fsp3) is 0.450. The average Bonchev–Trinajstić information content (AvgIpc) is 3.50. The van der Waals surface area contributed by atoms with E-state index in [0.29, 0.717) is 6.42 Å². The molecule has 0 fully saturated rings. The minimum atomic E-state index is -0.129. The van der Waals surface area contributed by atoms with E-state index in [1.165, 1.54) is 69.3 Å².